The molecule has 1 aliphatic rings. The minimum atomic E-state index is 0.638. The SMILES string of the molecule is Cc1nc(C2=CN=CC=CC2)nc(-c2cccnc2)n1. The number of aromatic nitrogens is 4. The Hall–Kier alpha value is -2.69. The summed E-state index contributed by atoms with van der Waals surface area (Å²) in [7, 11) is 0. The monoisotopic (exact) mass is 263 g/mol. The molecule has 5 nitrogen and oxygen atoms in total. The topological polar surface area (TPSA) is 63.9 Å². The molecule has 0 N–H and O–H groups in total. The maximum absolute atomic E-state index is 4.53. The van der Waals surface area contributed by atoms with Crippen LogP contribution in [0.5, 0.6) is 0 Å². The Bertz CT molecular complexity index is 701. The zero-order valence-corrected chi connectivity index (χ0v) is 11.1. The third-order valence-electron chi connectivity index (χ3n) is 2.83. The summed E-state index contributed by atoms with van der Waals surface area (Å²) < 4.78 is 0. The summed E-state index contributed by atoms with van der Waals surface area (Å²) in [6.07, 6.45) is 11.7. The van der Waals surface area contributed by atoms with E-state index in [1.54, 1.807) is 24.8 Å². The maximum atomic E-state index is 4.53. The highest BCUT2D eigenvalue weighted by atomic mass is 15.0. The minimum Gasteiger partial charge on any atom is -0.264 e. The zero-order valence-electron chi connectivity index (χ0n) is 11.1. The number of aliphatic imine (C=N–C) groups is 1. The third kappa shape index (κ3) is 2.66. The smallest absolute Gasteiger partial charge is 0.165 e. The van der Waals surface area contributed by atoms with Crippen LogP contribution in [0, 0.1) is 6.92 Å². The summed E-state index contributed by atoms with van der Waals surface area (Å²) >= 11 is 0. The second-order valence-corrected chi connectivity index (χ2v) is 4.36. The van der Waals surface area contributed by atoms with Gasteiger partial charge in [0.15, 0.2) is 11.6 Å². The van der Waals surface area contributed by atoms with Crippen molar-refractivity contribution in [3.63, 3.8) is 0 Å². The molecule has 2 aromatic heterocycles. The molecule has 5 heteroatoms. The third-order valence-corrected chi connectivity index (χ3v) is 2.83. The summed E-state index contributed by atoms with van der Waals surface area (Å²) in [5.41, 5.74) is 1.86. The van der Waals surface area contributed by atoms with E-state index in [1.807, 2.05) is 31.2 Å². The van der Waals surface area contributed by atoms with Crippen molar-refractivity contribution < 1.29 is 0 Å². The molecule has 98 valence electrons. The first kappa shape index (κ1) is 12.3. The van der Waals surface area contributed by atoms with Gasteiger partial charge in [-0.05, 0) is 31.6 Å². The van der Waals surface area contributed by atoms with Gasteiger partial charge in [0.05, 0.1) is 0 Å². The highest BCUT2D eigenvalue weighted by Crippen LogP contribution is 2.20. The van der Waals surface area contributed by atoms with Gasteiger partial charge in [-0.15, -0.1) is 0 Å². The van der Waals surface area contributed by atoms with Crippen molar-refractivity contribution in [2.75, 3.05) is 0 Å². The number of hydrogen-bond acceptors (Lipinski definition) is 5. The van der Waals surface area contributed by atoms with Crippen molar-refractivity contribution in [2.24, 2.45) is 4.99 Å². The Morgan fingerprint density at radius 3 is 2.85 bits per heavy atom. The summed E-state index contributed by atoms with van der Waals surface area (Å²) in [6, 6.07) is 3.80. The predicted molar refractivity (Wildman–Crippen MR) is 78.0 cm³/mol. The average molecular weight is 263 g/mol. The van der Waals surface area contributed by atoms with Crippen LogP contribution >= 0.6 is 0 Å². The largest absolute Gasteiger partial charge is 0.264 e. The van der Waals surface area contributed by atoms with E-state index in [9.17, 15) is 0 Å². The van der Waals surface area contributed by atoms with Gasteiger partial charge in [-0.3, -0.25) is 9.98 Å². The molecule has 2 aromatic rings. The van der Waals surface area contributed by atoms with Crippen molar-refractivity contribution in [3.8, 4) is 11.4 Å². The van der Waals surface area contributed by atoms with Crippen molar-refractivity contribution in [3.05, 3.63) is 54.5 Å². The van der Waals surface area contributed by atoms with Crippen LogP contribution in [-0.4, -0.2) is 26.2 Å². The Morgan fingerprint density at radius 2 is 2.00 bits per heavy atom. The Labute approximate surface area is 116 Å². The van der Waals surface area contributed by atoms with Crippen molar-refractivity contribution >= 4 is 11.8 Å². The molecule has 0 saturated carbocycles. The van der Waals surface area contributed by atoms with Gasteiger partial charge >= 0.3 is 0 Å². The molecule has 0 saturated heterocycles. The molecule has 0 radical (unpaired) electrons. The van der Waals surface area contributed by atoms with E-state index in [2.05, 4.69) is 24.9 Å². The summed E-state index contributed by atoms with van der Waals surface area (Å²) in [5.74, 6) is 1.99. The Kier molecular flexibility index (Phi) is 3.41. The quantitative estimate of drug-likeness (QED) is 0.835. The van der Waals surface area contributed by atoms with Gasteiger partial charge in [-0.1, -0.05) is 6.08 Å². The van der Waals surface area contributed by atoms with Crippen molar-refractivity contribution in [1.29, 1.82) is 0 Å². The zero-order chi connectivity index (χ0) is 13.8. The molecule has 0 amide bonds. The molecule has 3 heterocycles. The second-order valence-electron chi connectivity index (χ2n) is 4.36. The first-order valence-electron chi connectivity index (χ1n) is 6.34. The van der Waals surface area contributed by atoms with Gasteiger partial charge in [-0.2, -0.15) is 0 Å². The highest BCUT2D eigenvalue weighted by molar-refractivity contribution is 5.76. The van der Waals surface area contributed by atoms with Crippen LogP contribution in [0.25, 0.3) is 17.0 Å². The number of pyridine rings is 1. The highest BCUT2D eigenvalue weighted by Gasteiger charge is 2.10. The van der Waals surface area contributed by atoms with Crippen LogP contribution in [0.4, 0.5) is 0 Å². The normalized spacial score (nSPS) is 13.9. The van der Waals surface area contributed by atoms with Crippen LogP contribution in [0.3, 0.4) is 0 Å². The summed E-state index contributed by atoms with van der Waals surface area (Å²) in [5, 5.41) is 0. The molecule has 0 fully saturated rings. The van der Waals surface area contributed by atoms with Gasteiger partial charge < -0.3 is 0 Å². The van der Waals surface area contributed by atoms with E-state index in [4.69, 9.17) is 0 Å². The van der Waals surface area contributed by atoms with E-state index in [1.165, 1.54) is 0 Å². The molecule has 0 bridgehead atoms. The van der Waals surface area contributed by atoms with Gasteiger partial charge in [0.25, 0.3) is 0 Å². The molecule has 0 atom stereocenters. The molecule has 20 heavy (non-hydrogen) atoms. The van der Waals surface area contributed by atoms with E-state index in [0.29, 0.717) is 17.5 Å². The lowest BCUT2D eigenvalue weighted by atomic mass is 10.2. The minimum absolute atomic E-state index is 0.638. The van der Waals surface area contributed by atoms with E-state index < -0.39 is 0 Å². The van der Waals surface area contributed by atoms with Gasteiger partial charge in [0.2, 0.25) is 0 Å². The first-order valence-corrected chi connectivity index (χ1v) is 6.34. The molecule has 1 aliphatic heterocycles. The molecule has 0 aliphatic carbocycles. The molecule has 0 spiro atoms. The summed E-state index contributed by atoms with van der Waals surface area (Å²) in [6.45, 7) is 1.86. The Morgan fingerprint density at radius 1 is 1.10 bits per heavy atom. The predicted octanol–water partition coefficient (Wildman–Crippen LogP) is 2.61. The van der Waals surface area contributed by atoms with Crippen LogP contribution in [0.15, 0.2) is 47.9 Å². The van der Waals surface area contributed by atoms with Gasteiger partial charge in [0.1, 0.15) is 5.82 Å². The van der Waals surface area contributed by atoms with E-state index >= 15 is 0 Å². The summed E-state index contributed by atoms with van der Waals surface area (Å²) in [4.78, 5) is 21.6. The van der Waals surface area contributed by atoms with Crippen LogP contribution in [0.1, 0.15) is 18.1 Å². The standard InChI is InChI=1S/C15H13N5/c1-11-18-14(12-5-2-3-7-16-9-12)20-15(19-11)13-6-4-8-17-10-13/h2-4,6-10H,5H2,1H3. The second kappa shape index (κ2) is 5.52. The number of hydrogen-bond donors (Lipinski definition) is 0. The number of rotatable bonds is 2. The van der Waals surface area contributed by atoms with Gasteiger partial charge in [-0.25, -0.2) is 15.0 Å². The van der Waals surface area contributed by atoms with Crippen LogP contribution in [0.2, 0.25) is 0 Å². The Balaban J connectivity index is 2.05. The molecular weight excluding hydrogens is 250 g/mol. The fourth-order valence-electron chi connectivity index (χ4n) is 1.89. The number of aryl methyl sites for hydroxylation is 1. The van der Waals surface area contributed by atoms with Gasteiger partial charge in [0, 0.05) is 35.9 Å². The molecule has 0 aromatic carbocycles. The van der Waals surface area contributed by atoms with Crippen molar-refractivity contribution in [2.45, 2.75) is 13.3 Å². The lowest BCUT2D eigenvalue weighted by Gasteiger charge is -2.06. The average Bonchev–Trinajstić information content (AvgIpc) is 2.77. The van der Waals surface area contributed by atoms with E-state index in [0.717, 1.165) is 17.6 Å². The number of nitrogens with zero attached hydrogens (tertiary/aromatic N) is 5. The van der Waals surface area contributed by atoms with E-state index in [-0.39, 0.29) is 0 Å². The van der Waals surface area contributed by atoms with Crippen LogP contribution in [-0.2, 0) is 0 Å². The van der Waals surface area contributed by atoms with Crippen LogP contribution < -0.4 is 0 Å². The maximum Gasteiger partial charge on any atom is 0.165 e. The first-order chi connectivity index (χ1) is 9.83. The lowest BCUT2D eigenvalue weighted by molar-refractivity contribution is 0.952. The number of allylic oxidation sites excluding steroid dienone is 3. The fourth-order valence-corrected chi connectivity index (χ4v) is 1.89. The van der Waals surface area contributed by atoms with Crippen molar-refractivity contribution in [1.82, 2.24) is 19.9 Å². The fraction of sp³-hybridized carbons (Fsp3) is 0.133. The molecule has 0 unspecified atom stereocenters. The molecular formula is C15H13N5. The molecule has 3 rings (SSSR count). The lowest BCUT2D eigenvalue weighted by Crippen LogP contribution is -2.02.